The number of hydrogen-bond acceptors (Lipinski definition) is 4. The molecule has 146 valence electrons. The van der Waals surface area contributed by atoms with Gasteiger partial charge in [0.15, 0.2) is 0 Å². The Labute approximate surface area is 164 Å². The Kier molecular flexibility index (Phi) is 5.59. The van der Waals surface area contributed by atoms with Crippen molar-refractivity contribution in [3.8, 4) is 28.5 Å². The topological polar surface area (TPSA) is 75.7 Å². The first-order chi connectivity index (χ1) is 13.5. The van der Waals surface area contributed by atoms with Crippen LogP contribution in [0.15, 0.2) is 48.5 Å². The lowest BCUT2D eigenvalue weighted by Gasteiger charge is -2.15. The zero-order valence-electron chi connectivity index (χ0n) is 16.5. The standard InChI is InChI=1S/C22H24N2O4/c1-14-18(22(23)25)12-20(19-11-17(27-3)9-10-21(19)28-4)24(14)13-15-5-7-16(26-2)8-6-15/h5-12H,13H2,1-4H3,(H2,23,25). The van der Waals surface area contributed by atoms with Gasteiger partial charge in [-0.05, 0) is 48.9 Å². The van der Waals surface area contributed by atoms with E-state index in [0.29, 0.717) is 23.6 Å². The van der Waals surface area contributed by atoms with Crippen molar-refractivity contribution in [1.29, 1.82) is 0 Å². The van der Waals surface area contributed by atoms with Crippen molar-refractivity contribution in [2.24, 2.45) is 5.73 Å². The van der Waals surface area contributed by atoms with Crippen LogP contribution < -0.4 is 19.9 Å². The minimum Gasteiger partial charge on any atom is -0.497 e. The van der Waals surface area contributed by atoms with E-state index in [2.05, 4.69) is 4.57 Å². The van der Waals surface area contributed by atoms with Crippen LogP contribution in [0.25, 0.3) is 11.3 Å². The molecule has 0 fully saturated rings. The van der Waals surface area contributed by atoms with Crippen LogP contribution in [-0.2, 0) is 6.54 Å². The molecule has 0 saturated heterocycles. The number of methoxy groups -OCH3 is 3. The van der Waals surface area contributed by atoms with Gasteiger partial charge in [0.1, 0.15) is 17.2 Å². The van der Waals surface area contributed by atoms with E-state index in [4.69, 9.17) is 19.9 Å². The van der Waals surface area contributed by atoms with Crippen molar-refractivity contribution in [3.63, 3.8) is 0 Å². The van der Waals surface area contributed by atoms with E-state index in [0.717, 1.165) is 28.3 Å². The zero-order chi connectivity index (χ0) is 20.3. The number of carbonyl (C=O) groups excluding carboxylic acids is 1. The lowest BCUT2D eigenvalue weighted by Crippen LogP contribution is -2.12. The summed E-state index contributed by atoms with van der Waals surface area (Å²) in [6.07, 6.45) is 0. The Bertz CT molecular complexity index is 991. The second-order valence-electron chi connectivity index (χ2n) is 6.39. The van der Waals surface area contributed by atoms with Gasteiger partial charge in [-0.1, -0.05) is 12.1 Å². The fourth-order valence-corrected chi connectivity index (χ4v) is 3.25. The largest absolute Gasteiger partial charge is 0.497 e. The van der Waals surface area contributed by atoms with Gasteiger partial charge in [-0.3, -0.25) is 4.79 Å². The third kappa shape index (κ3) is 3.67. The second-order valence-corrected chi connectivity index (χ2v) is 6.39. The predicted molar refractivity (Wildman–Crippen MR) is 108 cm³/mol. The van der Waals surface area contributed by atoms with Crippen LogP contribution in [-0.4, -0.2) is 31.8 Å². The van der Waals surface area contributed by atoms with Crippen molar-refractivity contribution in [2.75, 3.05) is 21.3 Å². The van der Waals surface area contributed by atoms with Gasteiger partial charge in [0.2, 0.25) is 0 Å². The van der Waals surface area contributed by atoms with Crippen LogP contribution in [0.4, 0.5) is 0 Å². The number of rotatable bonds is 7. The average Bonchev–Trinajstić information content (AvgIpc) is 3.04. The van der Waals surface area contributed by atoms with Gasteiger partial charge in [0.25, 0.3) is 5.91 Å². The second kappa shape index (κ2) is 8.08. The van der Waals surface area contributed by atoms with E-state index in [-0.39, 0.29) is 0 Å². The monoisotopic (exact) mass is 380 g/mol. The summed E-state index contributed by atoms with van der Waals surface area (Å²) in [7, 11) is 4.86. The molecule has 0 aliphatic carbocycles. The first-order valence-electron chi connectivity index (χ1n) is 8.83. The molecule has 3 aromatic rings. The van der Waals surface area contributed by atoms with Crippen LogP contribution in [0.3, 0.4) is 0 Å². The molecule has 0 atom stereocenters. The van der Waals surface area contributed by atoms with E-state index in [1.54, 1.807) is 27.4 Å². The molecule has 2 N–H and O–H groups in total. The van der Waals surface area contributed by atoms with Crippen LogP contribution in [0.1, 0.15) is 21.6 Å². The fourth-order valence-electron chi connectivity index (χ4n) is 3.25. The molecule has 2 aromatic carbocycles. The molecule has 1 amide bonds. The highest BCUT2D eigenvalue weighted by Gasteiger charge is 2.20. The number of nitrogens with two attached hydrogens (primary N) is 1. The highest BCUT2D eigenvalue weighted by Crippen LogP contribution is 2.36. The number of hydrogen-bond donors (Lipinski definition) is 1. The lowest BCUT2D eigenvalue weighted by molar-refractivity contribution is 0.0999. The van der Waals surface area contributed by atoms with E-state index in [1.807, 2.05) is 49.4 Å². The number of carbonyl (C=O) groups is 1. The molecule has 0 saturated carbocycles. The fraction of sp³-hybridized carbons (Fsp3) is 0.227. The third-order valence-corrected chi connectivity index (χ3v) is 4.81. The Hall–Kier alpha value is -3.41. The molecule has 0 radical (unpaired) electrons. The summed E-state index contributed by atoms with van der Waals surface area (Å²) in [5, 5.41) is 0. The Morgan fingerprint density at radius 1 is 0.929 bits per heavy atom. The van der Waals surface area contributed by atoms with Crippen molar-refractivity contribution in [1.82, 2.24) is 4.57 Å². The third-order valence-electron chi connectivity index (χ3n) is 4.81. The van der Waals surface area contributed by atoms with Crippen molar-refractivity contribution >= 4 is 5.91 Å². The zero-order valence-corrected chi connectivity index (χ0v) is 16.5. The summed E-state index contributed by atoms with van der Waals surface area (Å²) >= 11 is 0. The summed E-state index contributed by atoms with van der Waals surface area (Å²) in [4.78, 5) is 12.0. The minimum atomic E-state index is -0.464. The smallest absolute Gasteiger partial charge is 0.250 e. The Balaban J connectivity index is 2.15. The molecule has 0 spiro atoms. The van der Waals surface area contributed by atoms with Crippen molar-refractivity contribution < 1.29 is 19.0 Å². The molecule has 0 unspecified atom stereocenters. The molecule has 28 heavy (non-hydrogen) atoms. The summed E-state index contributed by atoms with van der Waals surface area (Å²) in [5.41, 5.74) is 9.61. The quantitative estimate of drug-likeness (QED) is 0.679. The molecule has 6 heteroatoms. The Morgan fingerprint density at radius 2 is 1.57 bits per heavy atom. The number of nitrogens with zero attached hydrogens (tertiary/aromatic N) is 1. The van der Waals surface area contributed by atoms with E-state index >= 15 is 0 Å². The summed E-state index contributed by atoms with van der Waals surface area (Å²) in [5.74, 6) is 1.71. The predicted octanol–water partition coefficient (Wildman–Crippen LogP) is 3.64. The normalized spacial score (nSPS) is 10.6. The SMILES string of the molecule is COc1ccc(Cn2c(-c3cc(OC)ccc3OC)cc(C(N)=O)c2C)cc1. The van der Waals surface area contributed by atoms with Gasteiger partial charge >= 0.3 is 0 Å². The first-order valence-corrected chi connectivity index (χ1v) is 8.83. The molecule has 0 bridgehead atoms. The van der Waals surface area contributed by atoms with E-state index in [9.17, 15) is 4.79 Å². The summed E-state index contributed by atoms with van der Waals surface area (Å²) < 4.78 is 18.2. The number of amides is 1. The summed E-state index contributed by atoms with van der Waals surface area (Å²) in [6, 6.07) is 15.2. The summed E-state index contributed by atoms with van der Waals surface area (Å²) in [6.45, 7) is 2.46. The Morgan fingerprint density at radius 3 is 2.14 bits per heavy atom. The molecular formula is C22H24N2O4. The molecule has 1 aromatic heterocycles. The first kappa shape index (κ1) is 19.4. The van der Waals surface area contributed by atoms with E-state index < -0.39 is 5.91 Å². The highest BCUT2D eigenvalue weighted by molar-refractivity contribution is 5.96. The van der Waals surface area contributed by atoms with Crippen molar-refractivity contribution in [3.05, 3.63) is 65.4 Å². The molecule has 6 nitrogen and oxygen atoms in total. The van der Waals surface area contributed by atoms with Gasteiger partial charge in [0.05, 0.1) is 32.6 Å². The highest BCUT2D eigenvalue weighted by atomic mass is 16.5. The molecule has 3 rings (SSSR count). The maximum atomic E-state index is 12.0. The van der Waals surface area contributed by atoms with Crippen molar-refractivity contribution in [2.45, 2.75) is 13.5 Å². The number of primary amides is 1. The van der Waals surface area contributed by atoms with Gasteiger partial charge in [-0.25, -0.2) is 0 Å². The van der Waals surface area contributed by atoms with Gasteiger partial charge in [0, 0.05) is 17.8 Å². The molecule has 0 aliphatic rings. The maximum absolute atomic E-state index is 12.0. The van der Waals surface area contributed by atoms with Crippen LogP contribution in [0, 0.1) is 6.92 Å². The number of aromatic nitrogens is 1. The van der Waals surface area contributed by atoms with Crippen LogP contribution in [0.5, 0.6) is 17.2 Å². The van der Waals surface area contributed by atoms with Crippen LogP contribution in [0.2, 0.25) is 0 Å². The van der Waals surface area contributed by atoms with Gasteiger partial charge in [-0.15, -0.1) is 0 Å². The molecule has 1 heterocycles. The van der Waals surface area contributed by atoms with E-state index in [1.165, 1.54) is 0 Å². The maximum Gasteiger partial charge on any atom is 0.250 e. The number of benzene rings is 2. The molecular weight excluding hydrogens is 356 g/mol. The average molecular weight is 380 g/mol. The van der Waals surface area contributed by atoms with Gasteiger partial charge in [-0.2, -0.15) is 0 Å². The lowest BCUT2D eigenvalue weighted by atomic mass is 10.1. The minimum absolute atomic E-state index is 0.464. The van der Waals surface area contributed by atoms with Crippen LogP contribution >= 0.6 is 0 Å². The number of ether oxygens (including phenoxy) is 3. The van der Waals surface area contributed by atoms with Gasteiger partial charge < -0.3 is 24.5 Å². The molecule has 0 aliphatic heterocycles.